The minimum atomic E-state index is -0.0939. The van der Waals surface area contributed by atoms with Crippen molar-refractivity contribution in [3.8, 4) is 11.5 Å². The minimum absolute atomic E-state index is 0.0939. The molecule has 2 N–H and O–H groups in total. The fourth-order valence-corrected chi connectivity index (χ4v) is 3.14. The number of aromatic hydroxyl groups is 2. The predicted octanol–water partition coefficient (Wildman–Crippen LogP) is 5.89. The molecule has 0 spiro atoms. The fourth-order valence-electron chi connectivity index (χ4n) is 3.14. The number of hydrogen-bond donors (Lipinski definition) is 2. The van der Waals surface area contributed by atoms with Gasteiger partial charge in [0.15, 0.2) is 0 Å². The van der Waals surface area contributed by atoms with Gasteiger partial charge in [0.1, 0.15) is 11.5 Å². The zero-order chi connectivity index (χ0) is 19.5. The second kappa shape index (κ2) is 11.3. The molecule has 0 aliphatic carbocycles. The molecule has 0 atom stereocenters. The molecule has 0 aliphatic rings. The number of hydrogen-bond acceptors (Lipinski definition) is 3. The smallest absolute Gasteiger partial charge is 0.258 e. The summed E-state index contributed by atoms with van der Waals surface area (Å²) in [6.07, 6.45) is 9.68. The van der Waals surface area contributed by atoms with Crippen molar-refractivity contribution in [1.29, 1.82) is 0 Å². The maximum Gasteiger partial charge on any atom is 0.258 e. The normalized spacial score (nSPS) is 10.7. The molecular formula is C23H31NO3. The van der Waals surface area contributed by atoms with Gasteiger partial charge in [-0.1, -0.05) is 51.9 Å². The van der Waals surface area contributed by atoms with E-state index in [1.54, 1.807) is 41.3 Å². The number of nitrogens with zero attached hydrogens (tertiary/aromatic N) is 1. The van der Waals surface area contributed by atoms with Crippen molar-refractivity contribution in [3.63, 3.8) is 0 Å². The van der Waals surface area contributed by atoms with Gasteiger partial charge in [0.25, 0.3) is 5.91 Å². The minimum Gasteiger partial charge on any atom is -0.508 e. The van der Waals surface area contributed by atoms with Crippen molar-refractivity contribution in [2.45, 2.75) is 58.3 Å². The molecule has 27 heavy (non-hydrogen) atoms. The van der Waals surface area contributed by atoms with Crippen LogP contribution in [0.25, 0.3) is 0 Å². The molecule has 1 amide bonds. The molecule has 0 radical (unpaired) electrons. The number of amides is 1. The zero-order valence-electron chi connectivity index (χ0n) is 16.2. The Morgan fingerprint density at radius 2 is 1.22 bits per heavy atom. The van der Waals surface area contributed by atoms with Crippen molar-refractivity contribution in [1.82, 2.24) is 0 Å². The lowest BCUT2D eigenvalue weighted by atomic mass is 10.1. The third-order valence-corrected chi connectivity index (χ3v) is 4.76. The average Bonchev–Trinajstić information content (AvgIpc) is 2.68. The number of benzene rings is 2. The van der Waals surface area contributed by atoms with E-state index in [0.717, 1.165) is 18.5 Å². The number of anilines is 1. The van der Waals surface area contributed by atoms with Gasteiger partial charge in [-0.2, -0.15) is 0 Å². The van der Waals surface area contributed by atoms with E-state index in [2.05, 4.69) is 6.92 Å². The summed E-state index contributed by atoms with van der Waals surface area (Å²) in [5.74, 6) is 0.234. The molecule has 4 nitrogen and oxygen atoms in total. The second-order valence-corrected chi connectivity index (χ2v) is 6.99. The van der Waals surface area contributed by atoms with E-state index in [4.69, 9.17) is 0 Å². The molecular weight excluding hydrogens is 338 g/mol. The number of phenols is 2. The number of carbonyl (C=O) groups excluding carboxylic acids is 1. The quantitative estimate of drug-likeness (QED) is 0.486. The fraction of sp³-hybridized carbons (Fsp3) is 0.435. The van der Waals surface area contributed by atoms with E-state index < -0.39 is 0 Å². The lowest BCUT2D eigenvalue weighted by Gasteiger charge is -2.23. The summed E-state index contributed by atoms with van der Waals surface area (Å²) in [5.41, 5.74) is 1.31. The SMILES string of the molecule is CCCCCCCCCCN(C(=O)c1ccc(O)cc1)c1ccc(O)cc1. The Morgan fingerprint density at radius 3 is 1.78 bits per heavy atom. The van der Waals surface area contributed by atoms with Gasteiger partial charge < -0.3 is 15.1 Å². The van der Waals surface area contributed by atoms with Crippen molar-refractivity contribution in [2.75, 3.05) is 11.4 Å². The van der Waals surface area contributed by atoms with Crippen LogP contribution in [0, 0.1) is 0 Å². The predicted molar refractivity (Wildman–Crippen MR) is 111 cm³/mol. The van der Waals surface area contributed by atoms with Gasteiger partial charge in [-0.05, 0) is 55.0 Å². The summed E-state index contributed by atoms with van der Waals surface area (Å²) in [6, 6.07) is 13.0. The highest BCUT2D eigenvalue weighted by atomic mass is 16.3. The van der Waals surface area contributed by atoms with Crippen LogP contribution in [0.15, 0.2) is 48.5 Å². The lowest BCUT2D eigenvalue weighted by molar-refractivity contribution is 0.0986. The summed E-state index contributed by atoms with van der Waals surface area (Å²) >= 11 is 0. The van der Waals surface area contributed by atoms with Crippen LogP contribution in [0.4, 0.5) is 5.69 Å². The number of rotatable bonds is 11. The van der Waals surface area contributed by atoms with E-state index in [9.17, 15) is 15.0 Å². The van der Waals surface area contributed by atoms with E-state index in [0.29, 0.717) is 12.1 Å². The van der Waals surface area contributed by atoms with Crippen molar-refractivity contribution < 1.29 is 15.0 Å². The van der Waals surface area contributed by atoms with Crippen molar-refractivity contribution in [3.05, 3.63) is 54.1 Å². The summed E-state index contributed by atoms with van der Waals surface area (Å²) in [4.78, 5) is 14.7. The van der Waals surface area contributed by atoms with Crippen LogP contribution >= 0.6 is 0 Å². The molecule has 2 aromatic rings. The first-order valence-electron chi connectivity index (χ1n) is 10.0. The molecule has 2 rings (SSSR count). The molecule has 0 bridgehead atoms. The molecule has 4 heteroatoms. The van der Waals surface area contributed by atoms with Gasteiger partial charge in [-0.3, -0.25) is 4.79 Å². The maximum absolute atomic E-state index is 13.0. The van der Waals surface area contributed by atoms with Gasteiger partial charge in [0.05, 0.1) is 0 Å². The Hall–Kier alpha value is -2.49. The number of unbranched alkanes of at least 4 members (excludes halogenated alkanes) is 7. The van der Waals surface area contributed by atoms with E-state index in [1.807, 2.05) is 0 Å². The third-order valence-electron chi connectivity index (χ3n) is 4.76. The number of carbonyl (C=O) groups is 1. The van der Waals surface area contributed by atoms with Crippen LogP contribution in [-0.4, -0.2) is 22.7 Å². The average molecular weight is 370 g/mol. The maximum atomic E-state index is 13.0. The first-order valence-corrected chi connectivity index (χ1v) is 10.0. The van der Waals surface area contributed by atoms with Crippen LogP contribution in [0.5, 0.6) is 11.5 Å². The molecule has 0 saturated carbocycles. The first-order chi connectivity index (χ1) is 13.1. The van der Waals surface area contributed by atoms with Crippen LogP contribution in [0.2, 0.25) is 0 Å². The van der Waals surface area contributed by atoms with E-state index >= 15 is 0 Å². The Labute approximate surface area is 162 Å². The van der Waals surface area contributed by atoms with Crippen LogP contribution < -0.4 is 4.90 Å². The van der Waals surface area contributed by atoms with Gasteiger partial charge >= 0.3 is 0 Å². The Kier molecular flexibility index (Phi) is 8.69. The Balaban J connectivity index is 1.95. The Morgan fingerprint density at radius 1 is 0.741 bits per heavy atom. The van der Waals surface area contributed by atoms with Gasteiger partial charge in [0, 0.05) is 17.8 Å². The molecule has 0 unspecified atom stereocenters. The largest absolute Gasteiger partial charge is 0.508 e. The van der Waals surface area contributed by atoms with Crippen LogP contribution in [-0.2, 0) is 0 Å². The lowest BCUT2D eigenvalue weighted by Crippen LogP contribution is -2.31. The van der Waals surface area contributed by atoms with E-state index in [-0.39, 0.29) is 17.4 Å². The molecule has 0 aromatic heterocycles. The second-order valence-electron chi connectivity index (χ2n) is 6.99. The van der Waals surface area contributed by atoms with Gasteiger partial charge in [-0.25, -0.2) is 0 Å². The Bertz CT molecular complexity index is 680. The van der Waals surface area contributed by atoms with E-state index in [1.165, 1.54) is 50.7 Å². The van der Waals surface area contributed by atoms with Crippen molar-refractivity contribution in [2.24, 2.45) is 0 Å². The molecule has 2 aromatic carbocycles. The summed E-state index contributed by atoms with van der Waals surface area (Å²) in [7, 11) is 0. The van der Waals surface area contributed by atoms with Gasteiger partial charge in [0.2, 0.25) is 0 Å². The highest BCUT2D eigenvalue weighted by Gasteiger charge is 2.17. The zero-order valence-corrected chi connectivity index (χ0v) is 16.2. The highest BCUT2D eigenvalue weighted by Crippen LogP contribution is 2.22. The van der Waals surface area contributed by atoms with Crippen molar-refractivity contribution >= 4 is 11.6 Å². The molecule has 0 aliphatic heterocycles. The van der Waals surface area contributed by atoms with Crippen LogP contribution in [0.1, 0.15) is 68.6 Å². The van der Waals surface area contributed by atoms with Crippen LogP contribution in [0.3, 0.4) is 0 Å². The first kappa shape index (κ1) is 20.8. The monoisotopic (exact) mass is 369 g/mol. The third kappa shape index (κ3) is 6.97. The molecule has 0 saturated heterocycles. The molecule has 0 heterocycles. The molecule has 146 valence electrons. The standard InChI is InChI=1S/C23H31NO3/c1-2-3-4-5-6-7-8-9-18-24(20-12-16-22(26)17-13-20)23(27)19-10-14-21(25)15-11-19/h10-17,25-26H,2-9,18H2,1H3. The highest BCUT2D eigenvalue weighted by molar-refractivity contribution is 6.06. The summed E-state index contributed by atoms with van der Waals surface area (Å²) < 4.78 is 0. The number of phenolic OH excluding ortho intramolecular Hbond substituents is 2. The summed E-state index contributed by atoms with van der Waals surface area (Å²) in [6.45, 7) is 2.86. The topological polar surface area (TPSA) is 60.8 Å². The van der Waals surface area contributed by atoms with Gasteiger partial charge in [-0.15, -0.1) is 0 Å². The molecule has 0 fully saturated rings. The summed E-state index contributed by atoms with van der Waals surface area (Å²) in [5, 5.41) is 19.0.